The normalized spacial score (nSPS) is 22.1. The van der Waals surface area contributed by atoms with E-state index in [1.165, 1.54) is 23.9 Å². The lowest BCUT2D eigenvalue weighted by molar-refractivity contribution is -0.124. The predicted molar refractivity (Wildman–Crippen MR) is 142 cm³/mol. The van der Waals surface area contributed by atoms with Crippen molar-refractivity contribution in [2.24, 2.45) is 0 Å². The van der Waals surface area contributed by atoms with Crippen LogP contribution in [0, 0.1) is 5.82 Å². The number of anilines is 3. The summed E-state index contributed by atoms with van der Waals surface area (Å²) in [6.45, 7) is 3.53. The van der Waals surface area contributed by atoms with Crippen LogP contribution in [0.25, 0.3) is 0 Å². The number of para-hydroxylation sites is 1. The van der Waals surface area contributed by atoms with Crippen LogP contribution >= 0.6 is 23.4 Å². The van der Waals surface area contributed by atoms with E-state index in [1.807, 2.05) is 35.2 Å². The van der Waals surface area contributed by atoms with Gasteiger partial charge in [-0.3, -0.25) is 24.3 Å². The molecule has 0 aliphatic carbocycles. The molecule has 36 heavy (non-hydrogen) atoms. The topological polar surface area (TPSA) is 47.1 Å². The highest BCUT2D eigenvalue weighted by Crippen LogP contribution is 2.55. The van der Waals surface area contributed by atoms with Crippen LogP contribution in [0.4, 0.5) is 21.5 Å². The van der Waals surface area contributed by atoms with E-state index in [0.29, 0.717) is 17.4 Å². The van der Waals surface area contributed by atoms with E-state index in [1.54, 1.807) is 35.2 Å². The summed E-state index contributed by atoms with van der Waals surface area (Å²) in [6, 6.07) is 21.4. The highest BCUT2D eigenvalue weighted by molar-refractivity contribution is 8.02. The third kappa shape index (κ3) is 3.75. The number of hydrogen-bond donors (Lipinski definition) is 0. The Morgan fingerprint density at radius 2 is 1.64 bits per heavy atom. The smallest absolute Gasteiger partial charge is 0.269 e. The molecule has 3 aliphatic rings. The minimum Gasteiger partial charge on any atom is -0.369 e. The van der Waals surface area contributed by atoms with Crippen molar-refractivity contribution in [2.45, 2.75) is 4.87 Å². The summed E-state index contributed by atoms with van der Waals surface area (Å²) in [5, 5.41) is 0.516. The van der Waals surface area contributed by atoms with Gasteiger partial charge in [0.15, 0.2) is 0 Å². The van der Waals surface area contributed by atoms with Crippen molar-refractivity contribution < 1.29 is 14.0 Å². The van der Waals surface area contributed by atoms with Crippen molar-refractivity contribution in [2.75, 3.05) is 53.3 Å². The van der Waals surface area contributed by atoms with Crippen molar-refractivity contribution in [1.82, 2.24) is 4.90 Å². The molecule has 2 saturated heterocycles. The summed E-state index contributed by atoms with van der Waals surface area (Å²) < 4.78 is 13.3. The molecule has 1 atom stereocenters. The largest absolute Gasteiger partial charge is 0.369 e. The molecule has 6 rings (SSSR count). The Balaban J connectivity index is 1.27. The third-order valence-electron chi connectivity index (χ3n) is 7.04. The maximum atomic E-state index is 14.2. The van der Waals surface area contributed by atoms with Gasteiger partial charge in [-0.15, -0.1) is 11.8 Å². The van der Waals surface area contributed by atoms with Crippen LogP contribution in [0.3, 0.4) is 0 Å². The summed E-state index contributed by atoms with van der Waals surface area (Å²) in [4.78, 5) is 34.1. The molecule has 6 nitrogen and oxygen atoms in total. The number of amides is 2. The van der Waals surface area contributed by atoms with E-state index < -0.39 is 4.87 Å². The van der Waals surface area contributed by atoms with Gasteiger partial charge in [0, 0.05) is 48.1 Å². The molecule has 2 amide bonds. The lowest BCUT2D eigenvalue weighted by Gasteiger charge is -2.38. The summed E-state index contributed by atoms with van der Waals surface area (Å²) in [5.41, 5.74) is 3.28. The van der Waals surface area contributed by atoms with Crippen LogP contribution in [-0.2, 0) is 14.5 Å². The molecule has 0 bridgehead atoms. The molecule has 0 N–H and O–H groups in total. The van der Waals surface area contributed by atoms with E-state index in [4.69, 9.17) is 11.6 Å². The quantitative estimate of drug-likeness (QED) is 0.503. The molecule has 3 heterocycles. The SMILES string of the molecule is O=C1CS[C@@]2(C(=O)N(CN3CCN(c4ccc(F)cc4)CC3)c3ccccc32)N1c1cccc(Cl)c1. The molecule has 0 unspecified atom stereocenters. The van der Waals surface area contributed by atoms with E-state index in [2.05, 4.69) is 9.80 Å². The number of fused-ring (bicyclic) bond motifs is 2. The average molecular weight is 523 g/mol. The maximum Gasteiger partial charge on any atom is 0.269 e. The number of benzene rings is 3. The Bertz CT molecular complexity index is 1330. The average Bonchev–Trinajstić information content (AvgIpc) is 3.36. The summed E-state index contributed by atoms with van der Waals surface area (Å²) >= 11 is 7.62. The molecular weight excluding hydrogens is 499 g/mol. The van der Waals surface area contributed by atoms with Gasteiger partial charge in [-0.1, -0.05) is 35.9 Å². The first kappa shape index (κ1) is 23.3. The zero-order valence-electron chi connectivity index (χ0n) is 19.4. The van der Waals surface area contributed by atoms with Crippen molar-refractivity contribution in [1.29, 1.82) is 0 Å². The monoisotopic (exact) mass is 522 g/mol. The molecule has 3 aromatic carbocycles. The zero-order chi connectivity index (χ0) is 24.9. The van der Waals surface area contributed by atoms with Gasteiger partial charge >= 0.3 is 0 Å². The fourth-order valence-corrected chi connectivity index (χ4v) is 6.85. The molecule has 3 aromatic rings. The van der Waals surface area contributed by atoms with Crippen molar-refractivity contribution in [3.63, 3.8) is 0 Å². The zero-order valence-corrected chi connectivity index (χ0v) is 21.0. The Hall–Kier alpha value is -3.07. The van der Waals surface area contributed by atoms with Crippen molar-refractivity contribution in [3.05, 3.63) is 89.2 Å². The van der Waals surface area contributed by atoms with Crippen LogP contribution in [0.15, 0.2) is 72.8 Å². The van der Waals surface area contributed by atoms with Gasteiger partial charge < -0.3 is 4.90 Å². The maximum absolute atomic E-state index is 14.2. The van der Waals surface area contributed by atoms with Gasteiger partial charge in [0.05, 0.1) is 18.1 Å². The van der Waals surface area contributed by atoms with Gasteiger partial charge in [0.25, 0.3) is 5.91 Å². The van der Waals surface area contributed by atoms with Crippen LogP contribution in [0.1, 0.15) is 5.56 Å². The summed E-state index contributed by atoms with van der Waals surface area (Å²) in [5.74, 6) is -0.246. The lowest BCUT2D eigenvalue weighted by Crippen LogP contribution is -2.54. The Morgan fingerprint density at radius 1 is 0.889 bits per heavy atom. The number of thioether (sulfide) groups is 1. The van der Waals surface area contributed by atoms with Crippen molar-refractivity contribution >= 4 is 52.2 Å². The van der Waals surface area contributed by atoms with Gasteiger partial charge in [-0.25, -0.2) is 4.39 Å². The highest BCUT2D eigenvalue weighted by Gasteiger charge is 2.61. The van der Waals surface area contributed by atoms with Gasteiger partial charge in [-0.05, 0) is 48.5 Å². The van der Waals surface area contributed by atoms with Crippen LogP contribution in [0.5, 0.6) is 0 Å². The van der Waals surface area contributed by atoms with Crippen LogP contribution < -0.4 is 14.7 Å². The first-order valence-corrected chi connectivity index (χ1v) is 13.2. The second-order valence-corrected chi connectivity index (χ2v) is 10.7. The lowest BCUT2D eigenvalue weighted by atomic mass is 10.0. The molecule has 1 spiro atoms. The number of rotatable bonds is 4. The number of halogens is 2. The molecule has 0 aromatic heterocycles. The molecule has 0 saturated carbocycles. The molecule has 0 radical (unpaired) electrons. The standard InChI is InChI=1S/C27H24ClFN4O2S/c28-19-4-3-5-22(16-19)33-25(34)17-36-27(33)23-6-1-2-7-24(23)32(26(27)35)18-30-12-14-31(15-13-30)21-10-8-20(29)9-11-21/h1-11,16H,12-15,17-18H2/t27-/m0/s1. The number of hydrogen-bond acceptors (Lipinski definition) is 5. The van der Waals surface area contributed by atoms with E-state index in [-0.39, 0.29) is 23.4 Å². The second-order valence-electron chi connectivity index (χ2n) is 9.11. The molecule has 2 fully saturated rings. The number of piperazine rings is 1. The molecule has 3 aliphatic heterocycles. The molecule has 9 heteroatoms. The minimum atomic E-state index is -1.14. The third-order valence-corrected chi connectivity index (χ3v) is 8.66. The number of carbonyl (C=O) groups excluding carboxylic acids is 2. The van der Waals surface area contributed by atoms with Crippen molar-refractivity contribution in [3.8, 4) is 0 Å². The fourth-order valence-electron chi connectivity index (χ4n) is 5.31. The van der Waals surface area contributed by atoms with E-state index in [0.717, 1.165) is 43.1 Å². The fraction of sp³-hybridized carbons (Fsp3) is 0.259. The minimum absolute atomic E-state index is 0.111. The highest BCUT2D eigenvalue weighted by atomic mass is 35.5. The Labute approximate surface area is 218 Å². The van der Waals surface area contributed by atoms with Gasteiger partial charge in [0.2, 0.25) is 10.8 Å². The number of nitrogens with zero attached hydrogens (tertiary/aromatic N) is 4. The first-order chi connectivity index (χ1) is 17.5. The Morgan fingerprint density at radius 3 is 2.39 bits per heavy atom. The van der Waals surface area contributed by atoms with Crippen LogP contribution in [0.2, 0.25) is 5.02 Å². The first-order valence-electron chi connectivity index (χ1n) is 11.8. The van der Waals surface area contributed by atoms with Gasteiger partial charge in [-0.2, -0.15) is 0 Å². The Kier molecular flexibility index (Phi) is 5.90. The number of carbonyl (C=O) groups is 2. The molecule has 184 valence electrons. The molecular formula is C27H24ClFN4O2S. The predicted octanol–water partition coefficient (Wildman–Crippen LogP) is 4.54. The van der Waals surface area contributed by atoms with E-state index in [9.17, 15) is 14.0 Å². The second kappa shape index (κ2) is 9.10. The summed E-state index contributed by atoms with van der Waals surface area (Å²) in [6.07, 6.45) is 0. The van der Waals surface area contributed by atoms with Gasteiger partial charge in [0.1, 0.15) is 5.82 Å². The van der Waals surface area contributed by atoms with Crippen LogP contribution in [-0.4, -0.2) is 55.3 Å². The summed E-state index contributed by atoms with van der Waals surface area (Å²) in [7, 11) is 0. The van der Waals surface area contributed by atoms with E-state index >= 15 is 0 Å².